The summed E-state index contributed by atoms with van der Waals surface area (Å²) in [6.45, 7) is 1.91. The first kappa shape index (κ1) is 17.2. The number of nitrogens with zero attached hydrogens (tertiary/aromatic N) is 2. The summed E-state index contributed by atoms with van der Waals surface area (Å²) < 4.78 is 0. The second kappa shape index (κ2) is 7.17. The first-order valence-electron chi connectivity index (χ1n) is 8.50. The quantitative estimate of drug-likeness (QED) is 0.515. The first-order chi connectivity index (χ1) is 13.1. The van der Waals surface area contributed by atoms with E-state index in [9.17, 15) is 4.79 Å². The van der Waals surface area contributed by atoms with Gasteiger partial charge in [-0.2, -0.15) is 0 Å². The summed E-state index contributed by atoms with van der Waals surface area (Å²) in [5, 5.41) is 4.51. The van der Waals surface area contributed by atoms with Gasteiger partial charge in [-0.3, -0.25) is 4.79 Å². The van der Waals surface area contributed by atoms with Gasteiger partial charge in [0.1, 0.15) is 6.33 Å². The highest BCUT2D eigenvalue weighted by molar-refractivity contribution is 6.30. The van der Waals surface area contributed by atoms with E-state index in [2.05, 4.69) is 15.3 Å². The van der Waals surface area contributed by atoms with Gasteiger partial charge in [0.25, 0.3) is 5.91 Å². The van der Waals surface area contributed by atoms with E-state index in [0.29, 0.717) is 10.6 Å². The monoisotopic (exact) mass is 373 g/mol. The van der Waals surface area contributed by atoms with E-state index < -0.39 is 0 Å². The molecule has 0 bridgehead atoms. The van der Waals surface area contributed by atoms with Crippen molar-refractivity contribution in [1.82, 2.24) is 9.97 Å². The molecule has 1 N–H and O–H groups in total. The zero-order valence-electron chi connectivity index (χ0n) is 14.6. The first-order valence-corrected chi connectivity index (χ1v) is 8.88. The van der Waals surface area contributed by atoms with Gasteiger partial charge in [-0.05, 0) is 42.8 Å². The lowest BCUT2D eigenvalue weighted by Gasteiger charge is -2.13. The lowest BCUT2D eigenvalue weighted by molar-refractivity contribution is 0.102. The van der Waals surface area contributed by atoms with Gasteiger partial charge in [0.2, 0.25) is 0 Å². The average Bonchev–Trinajstić information content (AvgIpc) is 2.69. The fourth-order valence-electron chi connectivity index (χ4n) is 3.06. The molecule has 1 heterocycles. The summed E-state index contributed by atoms with van der Waals surface area (Å²) in [6.07, 6.45) is 1.52. The number of nitrogens with one attached hydrogen (secondary N) is 1. The molecule has 0 saturated heterocycles. The van der Waals surface area contributed by atoms with Gasteiger partial charge in [0, 0.05) is 27.2 Å². The van der Waals surface area contributed by atoms with E-state index in [1.165, 1.54) is 6.33 Å². The maximum atomic E-state index is 13.0. The van der Waals surface area contributed by atoms with Gasteiger partial charge in [0.15, 0.2) is 0 Å². The van der Waals surface area contributed by atoms with E-state index >= 15 is 0 Å². The number of anilines is 1. The molecule has 0 aliphatic heterocycles. The predicted octanol–water partition coefficient (Wildman–Crippen LogP) is 5.51. The molecule has 4 rings (SSSR count). The third-order valence-corrected chi connectivity index (χ3v) is 4.64. The number of carbonyl (C=O) groups excluding carboxylic acids is 1. The zero-order chi connectivity index (χ0) is 18.8. The van der Waals surface area contributed by atoms with Crippen molar-refractivity contribution in [3.05, 3.63) is 89.2 Å². The van der Waals surface area contributed by atoms with Crippen LogP contribution in [-0.2, 0) is 0 Å². The number of amides is 1. The molecular formula is C22H16ClN3O. The van der Waals surface area contributed by atoms with Crippen LogP contribution in [0.25, 0.3) is 22.2 Å². The molecule has 1 amide bonds. The van der Waals surface area contributed by atoms with Crippen molar-refractivity contribution >= 4 is 34.1 Å². The van der Waals surface area contributed by atoms with Gasteiger partial charge in [0.05, 0.1) is 11.2 Å². The molecular weight excluding hydrogens is 358 g/mol. The SMILES string of the molecule is Cc1cc(Cl)ccc1NC(=O)c1ccccc1-c1ncnc2ccccc12. The van der Waals surface area contributed by atoms with Gasteiger partial charge in [-0.1, -0.05) is 48.0 Å². The normalized spacial score (nSPS) is 10.7. The number of para-hydroxylation sites is 1. The summed E-state index contributed by atoms with van der Waals surface area (Å²) in [5.41, 5.74) is 4.52. The van der Waals surface area contributed by atoms with Crippen LogP contribution in [0.3, 0.4) is 0 Å². The number of carbonyl (C=O) groups is 1. The highest BCUT2D eigenvalue weighted by Crippen LogP contribution is 2.29. The minimum Gasteiger partial charge on any atom is -0.322 e. The lowest BCUT2D eigenvalue weighted by atomic mass is 10.00. The molecule has 132 valence electrons. The fraction of sp³-hybridized carbons (Fsp3) is 0.0455. The average molecular weight is 374 g/mol. The van der Waals surface area contributed by atoms with E-state index in [0.717, 1.165) is 33.4 Å². The van der Waals surface area contributed by atoms with Crippen LogP contribution in [0.5, 0.6) is 0 Å². The van der Waals surface area contributed by atoms with Crippen LogP contribution in [0, 0.1) is 6.92 Å². The summed E-state index contributed by atoms with van der Waals surface area (Å²) in [5.74, 6) is -0.196. The minimum atomic E-state index is -0.196. The highest BCUT2D eigenvalue weighted by Gasteiger charge is 2.16. The van der Waals surface area contributed by atoms with Gasteiger partial charge in [-0.15, -0.1) is 0 Å². The topological polar surface area (TPSA) is 54.9 Å². The maximum absolute atomic E-state index is 13.0. The smallest absolute Gasteiger partial charge is 0.256 e. The standard InChI is InChI=1S/C22H16ClN3O/c1-14-12-15(23)10-11-19(14)26-22(27)17-7-3-2-6-16(17)21-18-8-4-5-9-20(18)24-13-25-21/h2-13H,1H3,(H,26,27). The molecule has 0 aliphatic carbocycles. The Kier molecular flexibility index (Phi) is 4.57. The van der Waals surface area contributed by atoms with Crippen molar-refractivity contribution in [2.45, 2.75) is 6.92 Å². The second-order valence-electron chi connectivity index (χ2n) is 6.20. The number of fused-ring (bicyclic) bond motifs is 1. The third kappa shape index (κ3) is 3.39. The number of hydrogen-bond donors (Lipinski definition) is 1. The number of aryl methyl sites for hydroxylation is 1. The van der Waals surface area contributed by atoms with E-state index in [4.69, 9.17) is 11.6 Å². The molecule has 0 unspecified atom stereocenters. The van der Waals surface area contributed by atoms with Crippen molar-refractivity contribution in [1.29, 1.82) is 0 Å². The molecule has 3 aromatic carbocycles. The van der Waals surface area contributed by atoms with Crippen LogP contribution in [0.15, 0.2) is 73.1 Å². The molecule has 0 spiro atoms. The van der Waals surface area contributed by atoms with E-state index in [1.54, 1.807) is 18.2 Å². The van der Waals surface area contributed by atoms with Gasteiger partial charge < -0.3 is 5.32 Å². The molecule has 0 radical (unpaired) electrons. The fourth-order valence-corrected chi connectivity index (χ4v) is 3.29. The van der Waals surface area contributed by atoms with Crippen LogP contribution >= 0.6 is 11.6 Å². The Hall–Kier alpha value is -3.24. The molecule has 0 saturated carbocycles. The Bertz CT molecular complexity index is 1150. The van der Waals surface area contributed by atoms with Crippen molar-refractivity contribution < 1.29 is 4.79 Å². The summed E-state index contributed by atoms with van der Waals surface area (Å²) >= 11 is 6.00. The van der Waals surface area contributed by atoms with Crippen molar-refractivity contribution in [2.24, 2.45) is 0 Å². The Labute approximate surface area is 161 Å². The minimum absolute atomic E-state index is 0.196. The van der Waals surface area contributed by atoms with Crippen LogP contribution in [-0.4, -0.2) is 15.9 Å². The molecule has 27 heavy (non-hydrogen) atoms. The summed E-state index contributed by atoms with van der Waals surface area (Å²) in [4.78, 5) is 21.7. The Morgan fingerprint density at radius 3 is 2.59 bits per heavy atom. The second-order valence-corrected chi connectivity index (χ2v) is 6.63. The largest absolute Gasteiger partial charge is 0.322 e. The number of benzene rings is 3. The molecule has 0 fully saturated rings. The Morgan fingerprint density at radius 2 is 1.74 bits per heavy atom. The molecule has 0 atom stereocenters. The van der Waals surface area contributed by atoms with E-state index in [-0.39, 0.29) is 5.91 Å². The zero-order valence-corrected chi connectivity index (χ0v) is 15.4. The van der Waals surface area contributed by atoms with Gasteiger partial charge in [-0.25, -0.2) is 9.97 Å². The lowest BCUT2D eigenvalue weighted by Crippen LogP contribution is -2.14. The highest BCUT2D eigenvalue weighted by atomic mass is 35.5. The number of rotatable bonds is 3. The number of aromatic nitrogens is 2. The Balaban J connectivity index is 1.78. The van der Waals surface area contributed by atoms with Crippen LogP contribution in [0.2, 0.25) is 5.02 Å². The van der Waals surface area contributed by atoms with Crippen LogP contribution in [0.1, 0.15) is 15.9 Å². The summed E-state index contributed by atoms with van der Waals surface area (Å²) in [7, 11) is 0. The van der Waals surface area contributed by atoms with Crippen molar-refractivity contribution in [3.63, 3.8) is 0 Å². The van der Waals surface area contributed by atoms with E-state index in [1.807, 2.05) is 55.5 Å². The Morgan fingerprint density at radius 1 is 0.963 bits per heavy atom. The number of halogens is 1. The number of hydrogen-bond acceptors (Lipinski definition) is 3. The molecule has 1 aromatic heterocycles. The maximum Gasteiger partial charge on any atom is 0.256 e. The van der Waals surface area contributed by atoms with Crippen LogP contribution in [0.4, 0.5) is 5.69 Å². The molecule has 5 heteroatoms. The van der Waals surface area contributed by atoms with Gasteiger partial charge >= 0.3 is 0 Å². The van der Waals surface area contributed by atoms with Crippen molar-refractivity contribution in [2.75, 3.05) is 5.32 Å². The summed E-state index contributed by atoms with van der Waals surface area (Å²) in [6, 6.07) is 20.6. The molecule has 0 aliphatic rings. The molecule has 4 nitrogen and oxygen atoms in total. The molecule has 4 aromatic rings. The predicted molar refractivity (Wildman–Crippen MR) is 109 cm³/mol. The van der Waals surface area contributed by atoms with Crippen LogP contribution < -0.4 is 5.32 Å². The van der Waals surface area contributed by atoms with Crippen molar-refractivity contribution in [3.8, 4) is 11.3 Å². The third-order valence-electron chi connectivity index (χ3n) is 4.41.